The van der Waals surface area contributed by atoms with Crippen molar-refractivity contribution in [3.8, 4) is 0 Å². The number of allylic oxidation sites excluding steroid dienone is 1. The van der Waals surface area contributed by atoms with Gasteiger partial charge in [0, 0.05) is 43.2 Å². The lowest BCUT2D eigenvalue weighted by molar-refractivity contribution is -0.128. The average Bonchev–Trinajstić information content (AvgIpc) is 3.07. The van der Waals surface area contributed by atoms with Gasteiger partial charge >= 0.3 is 0 Å². The van der Waals surface area contributed by atoms with Crippen LogP contribution in [0.3, 0.4) is 0 Å². The van der Waals surface area contributed by atoms with E-state index in [2.05, 4.69) is 4.99 Å². The SMILES string of the molecule is CC1=NCC(C(=O)N(CCC2CCOCC2)Cc2ccccc2F)=C1. The first-order valence-corrected chi connectivity index (χ1v) is 8.95. The summed E-state index contributed by atoms with van der Waals surface area (Å²) >= 11 is 0. The van der Waals surface area contributed by atoms with Crippen molar-refractivity contribution in [2.45, 2.75) is 32.7 Å². The highest BCUT2D eigenvalue weighted by Gasteiger charge is 2.23. The molecule has 5 heteroatoms. The van der Waals surface area contributed by atoms with Gasteiger partial charge in [-0.3, -0.25) is 9.79 Å². The van der Waals surface area contributed by atoms with Crippen molar-refractivity contribution < 1.29 is 13.9 Å². The molecular formula is C20H25FN2O2. The van der Waals surface area contributed by atoms with Gasteiger partial charge in [-0.1, -0.05) is 18.2 Å². The Bertz CT molecular complexity index is 678. The molecule has 0 saturated carbocycles. The monoisotopic (exact) mass is 344 g/mol. The summed E-state index contributed by atoms with van der Waals surface area (Å²) < 4.78 is 19.5. The second-order valence-electron chi connectivity index (χ2n) is 6.79. The molecule has 0 unspecified atom stereocenters. The molecule has 1 amide bonds. The van der Waals surface area contributed by atoms with Gasteiger partial charge in [0.1, 0.15) is 5.82 Å². The van der Waals surface area contributed by atoms with E-state index in [1.54, 1.807) is 17.0 Å². The molecule has 1 fully saturated rings. The largest absolute Gasteiger partial charge is 0.381 e. The second-order valence-corrected chi connectivity index (χ2v) is 6.79. The Kier molecular flexibility index (Phi) is 5.97. The Morgan fingerprint density at radius 1 is 1.32 bits per heavy atom. The number of aliphatic imine (C=N–C) groups is 1. The maximum Gasteiger partial charge on any atom is 0.252 e. The third-order valence-electron chi connectivity index (χ3n) is 4.91. The number of amides is 1. The molecule has 0 bridgehead atoms. The third-order valence-corrected chi connectivity index (χ3v) is 4.91. The van der Waals surface area contributed by atoms with E-state index < -0.39 is 0 Å². The van der Waals surface area contributed by atoms with Gasteiger partial charge in [-0.2, -0.15) is 0 Å². The molecule has 1 aromatic rings. The first kappa shape index (κ1) is 17.8. The smallest absolute Gasteiger partial charge is 0.252 e. The van der Waals surface area contributed by atoms with Crippen LogP contribution in [-0.4, -0.2) is 42.8 Å². The number of ether oxygens (including phenoxy) is 1. The van der Waals surface area contributed by atoms with Crippen molar-refractivity contribution in [3.63, 3.8) is 0 Å². The van der Waals surface area contributed by atoms with Crippen LogP contribution in [0.25, 0.3) is 0 Å². The number of hydrogen-bond donors (Lipinski definition) is 0. The predicted octanol–water partition coefficient (Wildman–Crippen LogP) is 3.37. The number of nitrogens with zero attached hydrogens (tertiary/aromatic N) is 2. The van der Waals surface area contributed by atoms with Crippen LogP contribution < -0.4 is 0 Å². The third kappa shape index (κ3) is 4.75. The lowest BCUT2D eigenvalue weighted by Crippen LogP contribution is -2.34. The van der Waals surface area contributed by atoms with Gasteiger partial charge in [0.2, 0.25) is 0 Å². The maximum absolute atomic E-state index is 14.1. The van der Waals surface area contributed by atoms with E-state index in [-0.39, 0.29) is 11.7 Å². The maximum atomic E-state index is 14.1. The van der Waals surface area contributed by atoms with E-state index in [9.17, 15) is 9.18 Å². The van der Waals surface area contributed by atoms with E-state index in [4.69, 9.17) is 4.74 Å². The minimum absolute atomic E-state index is 0.0316. The summed E-state index contributed by atoms with van der Waals surface area (Å²) in [6.07, 6.45) is 4.83. The minimum atomic E-state index is -0.265. The molecule has 0 radical (unpaired) electrons. The molecule has 134 valence electrons. The van der Waals surface area contributed by atoms with Crippen LogP contribution in [-0.2, 0) is 16.1 Å². The number of rotatable bonds is 6. The number of carbonyl (C=O) groups is 1. The van der Waals surface area contributed by atoms with Gasteiger partial charge < -0.3 is 9.64 Å². The van der Waals surface area contributed by atoms with Crippen LogP contribution in [0, 0.1) is 11.7 Å². The van der Waals surface area contributed by atoms with Gasteiger partial charge in [0.25, 0.3) is 5.91 Å². The van der Waals surface area contributed by atoms with Gasteiger partial charge in [-0.15, -0.1) is 0 Å². The Morgan fingerprint density at radius 2 is 2.08 bits per heavy atom. The molecule has 4 nitrogen and oxygen atoms in total. The van der Waals surface area contributed by atoms with E-state index >= 15 is 0 Å². The van der Waals surface area contributed by atoms with Crippen LogP contribution in [0.1, 0.15) is 31.7 Å². The molecule has 25 heavy (non-hydrogen) atoms. The number of halogens is 1. The molecule has 0 N–H and O–H groups in total. The fourth-order valence-corrected chi connectivity index (χ4v) is 3.34. The van der Waals surface area contributed by atoms with Crippen molar-refractivity contribution >= 4 is 11.6 Å². The molecule has 1 aromatic carbocycles. The van der Waals surface area contributed by atoms with Crippen LogP contribution >= 0.6 is 0 Å². The predicted molar refractivity (Wildman–Crippen MR) is 96.0 cm³/mol. The lowest BCUT2D eigenvalue weighted by Gasteiger charge is -2.28. The molecule has 0 atom stereocenters. The van der Waals surface area contributed by atoms with E-state index in [1.807, 2.05) is 19.1 Å². The highest BCUT2D eigenvalue weighted by Crippen LogP contribution is 2.21. The van der Waals surface area contributed by atoms with Crippen LogP contribution in [0.5, 0.6) is 0 Å². The first-order chi connectivity index (χ1) is 12.1. The molecule has 2 heterocycles. The quantitative estimate of drug-likeness (QED) is 0.794. The highest BCUT2D eigenvalue weighted by atomic mass is 19.1. The standard InChI is InChI=1S/C20H25FN2O2/c1-15-12-18(13-22-15)20(24)23(9-6-16-7-10-25-11-8-16)14-17-4-2-3-5-19(17)21/h2-5,12,16H,6-11,13-14H2,1H3. The first-order valence-electron chi connectivity index (χ1n) is 8.95. The van der Waals surface area contributed by atoms with Gasteiger partial charge in [-0.25, -0.2) is 4.39 Å². The second kappa shape index (κ2) is 8.39. The van der Waals surface area contributed by atoms with Crippen LogP contribution in [0.4, 0.5) is 4.39 Å². The van der Waals surface area contributed by atoms with E-state index in [0.717, 1.165) is 38.2 Å². The summed E-state index contributed by atoms with van der Waals surface area (Å²) in [5.41, 5.74) is 2.12. The summed E-state index contributed by atoms with van der Waals surface area (Å²) in [5, 5.41) is 0. The van der Waals surface area contributed by atoms with Gasteiger partial charge in [0.05, 0.1) is 6.54 Å². The fraction of sp³-hybridized carbons (Fsp3) is 0.500. The Balaban J connectivity index is 1.69. The van der Waals surface area contributed by atoms with Crippen molar-refractivity contribution in [2.24, 2.45) is 10.9 Å². The molecule has 2 aliphatic heterocycles. The van der Waals surface area contributed by atoms with Crippen molar-refractivity contribution in [1.29, 1.82) is 0 Å². The fourth-order valence-electron chi connectivity index (χ4n) is 3.34. The van der Waals surface area contributed by atoms with Crippen molar-refractivity contribution in [1.82, 2.24) is 4.90 Å². The van der Waals surface area contributed by atoms with Crippen molar-refractivity contribution in [2.75, 3.05) is 26.3 Å². The lowest BCUT2D eigenvalue weighted by atomic mass is 9.96. The normalized spacial score (nSPS) is 18.0. The molecule has 3 rings (SSSR count). The topological polar surface area (TPSA) is 41.9 Å². The molecule has 0 aromatic heterocycles. The summed E-state index contributed by atoms with van der Waals surface area (Å²) in [4.78, 5) is 19.0. The molecule has 0 spiro atoms. The molecule has 2 aliphatic rings. The zero-order valence-electron chi connectivity index (χ0n) is 14.7. The molecule has 0 aliphatic carbocycles. The zero-order valence-corrected chi connectivity index (χ0v) is 14.7. The summed E-state index contributed by atoms with van der Waals surface area (Å²) in [6, 6.07) is 6.67. The summed E-state index contributed by atoms with van der Waals surface area (Å²) in [7, 11) is 0. The zero-order chi connectivity index (χ0) is 17.6. The minimum Gasteiger partial charge on any atom is -0.381 e. The Morgan fingerprint density at radius 3 is 2.76 bits per heavy atom. The summed E-state index contributed by atoms with van der Waals surface area (Å²) in [5.74, 6) is 0.273. The van der Waals surface area contributed by atoms with Gasteiger partial charge in [-0.05, 0) is 44.2 Å². The van der Waals surface area contributed by atoms with E-state index in [0.29, 0.717) is 36.7 Å². The van der Waals surface area contributed by atoms with Gasteiger partial charge in [0.15, 0.2) is 0 Å². The van der Waals surface area contributed by atoms with Crippen LogP contribution in [0.15, 0.2) is 40.9 Å². The molecule has 1 saturated heterocycles. The molecular weight excluding hydrogens is 319 g/mol. The Labute approximate surface area is 148 Å². The van der Waals surface area contributed by atoms with E-state index in [1.165, 1.54) is 6.07 Å². The Hall–Kier alpha value is -2.01. The van der Waals surface area contributed by atoms with Crippen molar-refractivity contribution in [3.05, 3.63) is 47.3 Å². The number of carbonyl (C=O) groups excluding carboxylic acids is 1. The average molecular weight is 344 g/mol. The number of benzene rings is 1. The summed E-state index contributed by atoms with van der Waals surface area (Å²) in [6.45, 7) is 4.84. The highest BCUT2D eigenvalue weighted by molar-refractivity contribution is 6.06. The number of hydrogen-bond acceptors (Lipinski definition) is 3. The van der Waals surface area contributed by atoms with Crippen LogP contribution in [0.2, 0.25) is 0 Å².